The number of hydrogen-bond donors (Lipinski definition) is 1. The van der Waals surface area contributed by atoms with Gasteiger partial charge in [0.05, 0.1) is 0 Å². The minimum atomic E-state index is -3.43. The third kappa shape index (κ3) is 5.38. The number of thiocarbonyl (C=S) groups is 1. The fourth-order valence-corrected chi connectivity index (χ4v) is 4.36. The number of aryl methyl sites for hydroxylation is 1. The Balaban J connectivity index is 1.56. The molecule has 7 heteroatoms. The van der Waals surface area contributed by atoms with E-state index in [4.69, 9.17) is 12.2 Å². The van der Waals surface area contributed by atoms with Crippen LogP contribution in [0.1, 0.15) is 11.1 Å². The van der Waals surface area contributed by atoms with Gasteiger partial charge in [0.25, 0.3) is 0 Å². The highest BCUT2D eigenvalue weighted by Gasteiger charge is 2.26. The first-order valence-electron chi connectivity index (χ1n) is 8.80. The van der Waals surface area contributed by atoms with E-state index in [0.29, 0.717) is 31.3 Å². The largest absolute Gasteiger partial charge is 0.346 e. The van der Waals surface area contributed by atoms with Crippen LogP contribution in [-0.2, 0) is 10.0 Å². The highest BCUT2D eigenvalue weighted by atomic mass is 32.2. The fourth-order valence-electron chi connectivity index (χ4n) is 2.89. The SMILES string of the molecule is Cc1cccc(NC(=S)N2CCN(S(=O)(=O)/C=C/c3ccccc3)CC2)c1. The standard InChI is InChI=1S/C20H23N3O2S2/c1-17-6-5-9-19(16-17)21-20(26)22-11-13-23(14-12-22)27(24,25)15-10-18-7-3-2-4-8-18/h2-10,15-16H,11-14H2,1H3,(H,21,26)/b15-10+. The van der Waals surface area contributed by atoms with Crippen molar-refractivity contribution >= 4 is 39.1 Å². The molecule has 142 valence electrons. The van der Waals surface area contributed by atoms with E-state index in [0.717, 1.165) is 16.8 Å². The minimum absolute atomic E-state index is 0.414. The molecule has 0 spiro atoms. The highest BCUT2D eigenvalue weighted by molar-refractivity contribution is 7.92. The lowest BCUT2D eigenvalue weighted by Gasteiger charge is -2.35. The molecule has 2 aromatic rings. The zero-order valence-electron chi connectivity index (χ0n) is 15.2. The van der Waals surface area contributed by atoms with Gasteiger partial charge in [-0.05, 0) is 48.5 Å². The topological polar surface area (TPSA) is 52.6 Å². The summed E-state index contributed by atoms with van der Waals surface area (Å²) in [6.07, 6.45) is 1.63. The minimum Gasteiger partial charge on any atom is -0.346 e. The third-order valence-corrected chi connectivity index (χ3v) is 6.31. The van der Waals surface area contributed by atoms with Crippen molar-refractivity contribution in [3.8, 4) is 0 Å². The van der Waals surface area contributed by atoms with Crippen LogP contribution in [-0.4, -0.2) is 48.9 Å². The molecule has 1 aliphatic heterocycles. The van der Waals surface area contributed by atoms with Gasteiger partial charge in [-0.25, -0.2) is 8.42 Å². The first kappa shape index (κ1) is 19.5. The summed E-state index contributed by atoms with van der Waals surface area (Å²) in [6.45, 7) is 3.99. The van der Waals surface area contributed by atoms with E-state index in [1.165, 1.54) is 9.71 Å². The van der Waals surface area contributed by atoms with E-state index >= 15 is 0 Å². The summed E-state index contributed by atoms with van der Waals surface area (Å²) in [6, 6.07) is 17.4. The summed E-state index contributed by atoms with van der Waals surface area (Å²) < 4.78 is 26.6. The lowest BCUT2D eigenvalue weighted by Crippen LogP contribution is -2.51. The Hall–Kier alpha value is -2.22. The number of anilines is 1. The highest BCUT2D eigenvalue weighted by Crippen LogP contribution is 2.14. The molecule has 0 aromatic heterocycles. The van der Waals surface area contributed by atoms with Crippen LogP contribution < -0.4 is 5.32 Å². The average molecular weight is 402 g/mol. The van der Waals surface area contributed by atoms with Crippen LogP contribution in [0.15, 0.2) is 60.0 Å². The summed E-state index contributed by atoms with van der Waals surface area (Å²) in [5.74, 6) is 0. The Kier molecular flexibility index (Phi) is 6.26. The normalized spacial score (nSPS) is 15.8. The number of nitrogens with one attached hydrogen (secondary N) is 1. The maximum Gasteiger partial charge on any atom is 0.236 e. The van der Waals surface area contributed by atoms with Crippen LogP contribution in [0.25, 0.3) is 6.08 Å². The maximum absolute atomic E-state index is 12.5. The molecule has 5 nitrogen and oxygen atoms in total. The molecule has 0 bridgehead atoms. The van der Waals surface area contributed by atoms with Crippen molar-refractivity contribution in [2.75, 3.05) is 31.5 Å². The third-order valence-electron chi connectivity index (χ3n) is 4.39. The second kappa shape index (κ2) is 8.65. The predicted octanol–water partition coefficient (Wildman–Crippen LogP) is 3.31. The van der Waals surface area contributed by atoms with Crippen LogP contribution in [0, 0.1) is 6.92 Å². The molecule has 0 aliphatic carbocycles. The van der Waals surface area contributed by atoms with Crippen molar-refractivity contribution in [3.63, 3.8) is 0 Å². The Morgan fingerprint density at radius 1 is 1.04 bits per heavy atom. The Labute approximate surface area is 166 Å². The van der Waals surface area contributed by atoms with E-state index < -0.39 is 10.0 Å². The van der Waals surface area contributed by atoms with Crippen LogP contribution in [0.3, 0.4) is 0 Å². The fraction of sp³-hybridized carbons (Fsp3) is 0.250. The van der Waals surface area contributed by atoms with Gasteiger partial charge in [-0.1, -0.05) is 42.5 Å². The van der Waals surface area contributed by atoms with Crippen molar-refractivity contribution in [3.05, 3.63) is 71.1 Å². The number of piperazine rings is 1. The lowest BCUT2D eigenvalue weighted by atomic mass is 10.2. The number of hydrogen-bond acceptors (Lipinski definition) is 3. The van der Waals surface area contributed by atoms with Gasteiger partial charge in [-0.15, -0.1) is 0 Å². The van der Waals surface area contributed by atoms with Gasteiger partial charge in [-0.2, -0.15) is 4.31 Å². The van der Waals surface area contributed by atoms with Gasteiger partial charge >= 0.3 is 0 Å². The Morgan fingerprint density at radius 2 is 1.74 bits per heavy atom. The zero-order valence-corrected chi connectivity index (χ0v) is 16.8. The molecule has 1 N–H and O–H groups in total. The van der Waals surface area contributed by atoms with Crippen LogP contribution >= 0.6 is 12.2 Å². The van der Waals surface area contributed by atoms with Crippen LogP contribution in [0.4, 0.5) is 5.69 Å². The molecule has 0 atom stereocenters. The predicted molar refractivity (Wildman–Crippen MR) is 115 cm³/mol. The van der Waals surface area contributed by atoms with E-state index in [1.54, 1.807) is 6.08 Å². The van der Waals surface area contributed by atoms with Crippen molar-refractivity contribution < 1.29 is 8.42 Å². The summed E-state index contributed by atoms with van der Waals surface area (Å²) >= 11 is 5.48. The quantitative estimate of drug-likeness (QED) is 0.797. The Bertz CT molecular complexity index is 919. The number of benzene rings is 2. The van der Waals surface area contributed by atoms with Gasteiger partial charge in [0, 0.05) is 37.3 Å². The van der Waals surface area contributed by atoms with Crippen LogP contribution in [0.5, 0.6) is 0 Å². The second-order valence-corrected chi connectivity index (χ2v) is 8.65. The Morgan fingerprint density at radius 3 is 2.41 bits per heavy atom. The molecule has 27 heavy (non-hydrogen) atoms. The van der Waals surface area contributed by atoms with Crippen molar-refractivity contribution in [2.24, 2.45) is 0 Å². The van der Waals surface area contributed by atoms with Crippen molar-refractivity contribution in [1.29, 1.82) is 0 Å². The summed E-state index contributed by atoms with van der Waals surface area (Å²) in [4.78, 5) is 2.00. The van der Waals surface area contributed by atoms with Crippen LogP contribution in [0.2, 0.25) is 0 Å². The van der Waals surface area contributed by atoms with E-state index in [-0.39, 0.29) is 0 Å². The van der Waals surface area contributed by atoms with Gasteiger partial charge in [0.2, 0.25) is 10.0 Å². The molecule has 0 saturated carbocycles. The first-order chi connectivity index (χ1) is 12.9. The molecule has 1 fully saturated rings. The van der Waals surface area contributed by atoms with Gasteiger partial charge in [0.1, 0.15) is 0 Å². The van der Waals surface area contributed by atoms with Gasteiger partial charge in [-0.3, -0.25) is 0 Å². The molecule has 0 radical (unpaired) electrons. The number of nitrogens with zero attached hydrogens (tertiary/aromatic N) is 2. The molecule has 1 heterocycles. The summed E-state index contributed by atoms with van der Waals surface area (Å²) in [5.41, 5.74) is 2.97. The van der Waals surface area contributed by atoms with Crippen molar-refractivity contribution in [2.45, 2.75) is 6.92 Å². The number of sulfonamides is 1. The van der Waals surface area contributed by atoms with Gasteiger partial charge < -0.3 is 10.2 Å². The molecule has 0 unspecified atom stereocenters. The molecule has 3 rings (SSSR count). The van der Waals surface area contributed by atoms with Crippen molar-refractivity contribution in [1.82, 2.24) is 9.21 Å². The maximum atomic E-state index is 12.5. The molecule has 1 aliphatic rings. The second-order valence-electron chi connectivity index (χ2n) is 6.44. The number of rotatable bonds is 4. The molecule has 0 amide bonds. The summed E-state index contributed by atoms with van der Waals surface area (Å²) in [7, 11) is -3.43. The van der Waals surface area contributed by atoms with E-state index in [9.17, 15) is 8.42 Å². The molecule has 2 aromatic carbocycles. The van der Waals surface area contributed by atoms with Gasteiger partial charge in [0.15, 0.2) is 5.11 Å². The molecular formula is C20H23N3O2S2. The smallest absolute Gasteiger partial charge is 0.236 e. The van der Waals surface area contributed by atoms with E-state index in [2.05, 4.69) is 5.32 Å². The zero-order chi connectivity index (χ0) is 19.3. The monoisotopic (exact) mass is 401 g/mol. The molecule has 1 saturated heterocycles. The average Bonchev–Trinajstić information content (AvgIpc) is 2.67. The summed E-state index contributed by atoms with van der Waals surface area (Å²) in [5, 5.41) is 5.13. The lowest BCUT2D eigenvalue weighted by molar-refractivity contribution is 0.270. The van der Waals surface area contributed by atoms with E-state index in [1.807, 2.05) is 66.4 Å². The molecular weight excluding hydrogens is 378 g/mol. The first-order valence-corrected chi connectivity index (χ1v) is 10.7.